The maximum absolute atomic E-state index is 13.1. The lowest BCUT2D eigenvalue weighted by molar-refractivity contribution is -0.137. The minimum Gasteiger partial charge on any atom is -0.394 e. The molecule has 1 aromatic carbocycles. The van der Waals surface area contributed by atoms with Gasteiger partial charge in [-0.05, 0) is 37.5 Å². The average Bonchev–Trinajstić information content (AvgIpc) is 2.37. The smallest absolute Gasteiger partial charge is 0.394 e. The zero-order valence-electron chi connectivity index (χ0n) is 10.3. The molecular formula is C13H15BrF3NO. The van der Waals surface area contributed by atoms with Crippen LogP contribution in [-0.2, 0) is 6.18 Å². The fourth-order valence-electron chi connectivity index (χ4n) is 2.49. The third-order valence-electron chi connectivity index (χ3n) is 3.41. The van der Waals surface area contributed by atoms with E-state index >= 15 is 0 Å². The molecule has 1 saturated heterocycles. The number of anilines is 1. The summed E-state index contributed by atoms with van der Waals surface area (Å²) in [6.45, 7) is 0.425. The Morgan fingerprint density at radius 2 is 2.05 bits per heavy atom. The molecular weight excluding hydrogens is 323 g/mol. The van der Waals surface area contributed by atoms with Crippen LogP contribution < -0.4 is 4.90 Å². The van der Waals surface area contributed by atoms with E-state index < -0.39 is 11.7 Å². The maximum Gasteiger partial charge on any atom is 0.418 e. The molecule has 2 rings (SSSR count). The number of halogens is 4. The van der Waals surface area contributed by atoms with Gasteiger partial charge < -0.3 is 10.0 Å². The summed E-state index contributed by atoms with van der Waals surface area (Å²) in [6.07, 6.45) is -1.87. The maximum atomic E-state index is 13.1. The van der Waals surface area contributed by atoms with E-state index in [1.165, 1.54) is 12.1 Å². The van der Waals surface area contributed by atoms with Crippen LogP contribution in [0.1, 0.15) is 24.8 Å². The number of rotatable bonds is 2. The van der Waals surface area contributed by atoms with Gasteiger partial charge in [0.1, 0.15) is 0 Å². The van der Waals surface area contributed by atoms with E-state index in [0.29, 0.717) is 11.0 Å². The Balaban J connectivity index is 2.44. The van der Waals surface area contributed by atoms with Gasteiger partial charge >= 0.3 is 6.18 Å². The molecule has 1 atom stereocenters. The van der Waals surface area contributed by atoms with Crippen LogP contribution in [0, 0.1) is 0 Å². The van der Waals surface area contributed by atoms with Crippen molar-refractivity contribution in [3.63, 3.8) is 0 Å². The molecule has 0 amide bonds. The predicted octanol–water partition coefficient (Wildman–Crippen LogP) is 3.82. The highest BCUT2D eigenvalue weighted by molar-refractivity contribution is 9.10. The van der Waals surface area contributed by atoms with Crippen LogP contribution in [-0.4, -0.2) is 24.3 Å². The summed E-state index contributed by atoms with van der Waals surface area (Å²) in [6, 6.07) is 3.73. The minimum absolute atomic E-state index is 0.121. The monoisotopic (exact) mass is 337 g/mol. The van der Waals surface area contributed by atoms with Gasteiger partial charge in [-0.2, -0.15) is 13.2 Å². The second-order valence-corrected chi connectivity index (χ2v) is 5.60. The van der Waals surface area contributed by atoms with E-state index in [1.807, 2.05) is 0 Å². The molecule has 0 bridgehead atoms. The number of alkyl halides is 3. The van der Waals surface area contributed by atoms with Crippen molar-refractivity contribution in [1.29, 1.82) is 0 Å². The largest absolute Gasteiger partial charge is 0.418 e. The highest BCUT2D eigenvalue weighted by atomic mass is 79.9. The summed E-state index contributed by atoms with van der Waals surface area (Å²) in [5.41, 5.74) is -0.489. The molecule has 6 heteroatoms. The molecule has 1 N–H and O–H groups in total. The molecule has 1 aromatic rings. The molecule has 1 aliphatic heterocycles. The van der Waals surface area contributed by atoms with Crippen LogP contribution >= 0.6 is 15.9 Å². The molecule has 0 aromatic heterocycles. The van der Waals surface area contributed by atoms with Gasteiger partial charge in [-0.15, -0.1) is 0 Å². The summed E-state index contributed by atoms with van der Waals surface area (Å²) in [5, 5.41) is 9.35. The van der Waals surface area contributed by atoms with Gasteiger partial charge in [0, 0.05) is 11.0 Å². The highest BCUT2D eigenvalue weighted by Gasteiger charge is 2.36. The molecule has 0 saturated carbocycles. The Morgan fingerprint density at radius 3 is 2.68 bits per heavy atom. The summed E-state index contributed by atoms with van der Waals surface area (Å²) >= 11 is 3.22. The van der Waals surface area contributed by atoms with E-state index in [-0.39, 0.29) is 18.3 Å². The first kappa shape index (κ1) is 14.7. The lowest BCUT2D eigenvalue weighted by Crippen LogP contribution is -2.42. The molecule has 0 aliphatic carbocycles. The van der Waals surface area contributed by atoms with Crippen LogP contribution in [0.2, 0.25) is 0 Å². The molecule has 1 heterocycles. The first-order valence-electron chi connectivity index (χ1n) is 6.17. The quantitative estimate of drug-likeness (QED) is 0.886. The Hall–Kier alpha value is -0.750. The van der Waals surface area contributed by atoms with Crippen molar-refractivity contribution in [3.05, 3.63) is 28.2 Å². The number of hydrogen-bond donors (Lipinski definition) is 1. The standard InChI is InChI=1S/C13H15BrF3NO/c14-9-4-5-11(13(15,16)17)12(7-9)18-6-2-1-3-10(18)8-19/h4-5,7,10,19H,1-3,6,8H2. The van der Waals surface area contributed by atoms with E-state index in [2.05, 4.69) is 15.9 Å². The average molecular weight is 338 g/mol. The summed E-state index contributed by atoms with van der Waals surface area (Å²) < 4.78 is 39.8. The minimum atomic E-state index is -4.38. The number of hydrogen-bond acceptors (Lipinski definition) is 2. The van der Waals surface area contributed by atoms with Crippen molar-refractivity contribution >= 4 is 21.6 Å². The van der Waals surface area contributed by atoms with Gasteiger partial charge in [0.25, 0.3) is 0 Å². The van der Waals surface area contributed by atoms with Crippen molar-refractivity contribution in [2.45, 2.75) is 31.5 Å². The van der Waals surface area contributed by atoms with E-state index in [4.69, 9.17) is 0 Å². The van der Waals surface area contributed by atoms with Crippen molar-refractivity contribution in [1.82, 2.24) is 0 Å². The molecule has 0 radical (unpaired) electrons. The Bertz CT molecular complexity index is 450. The molecule has 1 unspecified atom stereocenters. The summed E-state index contributed by atoms with van der Waals surface area (Å²) in [5.74, 6) is 0. The lowest BCUT2D eigenvalue weighted by atomic mass is 10.00. The van der Waals surface area contributed by atoms with Gasteiger partial charge in [-0.3, -0.25) is 0 Å². The topological polar surface area (TPSA) is 23.5 Å². The first-order chi connectivity index (χ1) is 8.93. The van der Waals surface area contributed by atoms with Crippen LogP contribution in [0.25, 0.3) is 0 Å². The SMILES string of the molecule is OCC1CCCCN1c1cc(Br)ccc1C(F)(F)F. The van der Waals surface area contributed by atoms with Crippen molar-refractivity contribution < 1.29 is 18.3 Å². The van der Waals surface area contributed by atoms with E-state index in [9.17, 15) is 18.3 Å². The number of aliphatic hydroxyl groups is 1. The van der Waals surface area contributed by atoms with Gasteiger partial charge in [0.2, 0.25) is 0 Å². The van der Waals surface area contributed by atoms with Crippen molar-refractivity contribution in [3.8, 4) is 0 Å². The molecule has 106 valence electrons. The predicted molar refractivity (Wildman–Crippen MR) is 71.2 cm³/mol. The van der Waals surface area contributed by atoms with Gasteiger partial charge in [0.15, 0.2) is 0 Å². The Labute approximate surface area is 118 Å². The summed E-state index contributed by atoms with van der Waals surface area (Å²) in [7, 11) is 0. The van der Waals surface area contributed by atoms with Crippen LogP contribution in [0.4, 0.5) is 18.9 Å². The zero-order valence-corrected chi connectivity index (χ0v) is 11.8. The normalized spacial score (nSPS) is 20.7. The third kappa shape index (κ3) is 3.23. The van der Waals surface area contributed by atoms with Crippen LogP contribution in [0.15, 0.2) is 22.7 Å². The van der Waals surface area contributed by atoms with Gasteiger partial charge in [0.05, 0.1) is 23.9 Å². The van der Waals surface area contributed by atoms with Crippen LogP contribution in [0.3, 0.4) is 0 Å². The molecule has 0 spiro atoms. The number of piperidine rings is 1. The Morgan fingerprint density at radius 1 is 1.32 bits per heavy atom. The number of nitrogens with zero attached hydrogens (tertiary/aromatic N) is 1. The highest BCUT2D eigenvalue weighted by Crippen LogP contribution is 2.40. The van der Waals surface area contributed by atoms with Gasteiger partial charge in [-0.25, -0.2) is 0 Å². The second kappa shape index (κ2) is 5.71. The van der Waals surface area contributed by atoms with E-state index in [0.717, 1.165) is 25.3 Å². The fraction of sp³-hybridized carbons (Fsp3) is 0.538. The van der Waals surface area contributed by atoms with E-state index in [1.54, 1.807) is 4.90 Å². The molecule has 1 fully saturated rings. The van der Waals surface area contributed by atoms with Gasteiger partial charge in [-0.1, -0.05) is 15.9 Å². The lowest BCUT2D eigenvalue weighted by Gasteiger charge is -2.38. The third-order valence-corrected chi connectivity index (χ3v) is 3.91. The Kier molecular flexibility index (Phi) is 4.40. The number of benzene rings is 1. The zero-order chi connectivity index (χ0) is 14.0. The first-order valence-corrected chi connectivity index (χ1v) is 6.97. The molecule has 19 heavy (non-hydrogen) atoms. The number of aliphatic hydroxyl groups excluding tert-OH is 1. The summed E-state index contributed by atoms with van der Waals surface area (Å²) in [4.78, 5) is 1.68. The second-order valence-electron chi connectivity index (χ2n) is 4.68. The van der Waals surface area contributed by atoms with Crippen LogP contribution in [0.5, 0.6) is 0 Å². The fourth-order valence-corrected chi connectivity index (χ4v) is 2.84. The van der Waals surface area contributed by atoms with Crippen molar-refractivity contribution in [2.75, 3.05) is 18.1 Å². The molecule has 1 aliphatic rings. The molecule has 2 nitrogen and oxygen atoms in total. The van der Waals surface area contributed by atoms with Crippen molar-refractivity contribution in [2.24, 2.45) is 0 Å².